The van der Waals surface area contributed by atoms with E-state index >= 15 is 0 Å². The van der Waals surface area contributed by atoms with Crippen molar-refractivity contribution in [1.82, 2.24) is 14.5 Å². The maximum Gasteiger partial charge on any atom is 0.235 e. The summed E-state index contributed by atoms with van der Waals surface area (Å²) in [5.41, 5.74) is 2.27. The molecule has 0 radical (unpaired) electrons. The molecule has 2 heterocycles. The van der Waals surface area contributed by atoms with Crippen LogP contribution in [0.3, 0.4) is 0 Å². The molecule has 0 aliphatic carbocycles. The highest BCUT2D eigenvalue weighted by molar-refractivity contribution is 8.00. The normalized spacial score (nSPS) is 19.7. The summed E-state index contributed by atoms with van der Waals surface area (Å²) in [6.07, 6.45) is 4.12. The second-order valence-corrected chi connectivity index (χ2v) is 11.1. The van der Waals surface area contributed by atoms with E-state index in [1.165, 1.54) is 17.3 Å². The molecule has 1 aromatic carbocycles. The Hall–Kier alpha value is -1.80. The average molecular weight is 422 g/mol. The first-order chi connectivity index (χ1) is 13.2. The molecule has 2 atom stereocenters. The Kier molecular flexibility index (Phi) is 6.19. The molecule has 1 aliphatic rings. The number of aromatic nitrogens is 2. The van der Waals surface area contributed by atoms with Gasteiger partial charge in [0.05, 0.1) is 16.8 Å². The van der Waals surface area contributed by atoms with E-state index in [4.69, 9.17) is 0 Å². The summed E-state index contributed by atoms with van der Waals surface area (Å²) in [4.78, 5) is 18.8. The number of imidazole rings is 1. The van der Waals surface area contributed by atoms with Gasteiger partial charge in [-0.15, -0.1) is 0 Å². The highest BCUT2D eigenvalue weighted by atomic mass is 32.2. The van der Waals surface area contributed by atoms with Crippen molar-refractivity contribution in [3.8, 4) is 5.69 Å². The summed E-state index contributed by atoms with van der Waals surface area (Å²) in [5, 5.41) is 0.384. The topological polar surface area (TPSA) is 72.3 Å². The van der Waals surface area contributed by atoms with E-state index in [-0.39, 0.29) is 28.7 Å². The number of thioether (sulfide) groups is 1. The van der Waals surface area contributed by atoms with Crippen LogP contribution in [0.1, 0.15) is 38.7 Å². The average Bonchev–Trinajstić information content (AvgIpc) is 3.26. The fourth-order valence-electron chi connectivity index (χ4n) is 3.35. The standard InChI is InChI=1S/C20H27N3O3S2/c1-14(2)16-5-7-17(8-6-16)23-11-10-21-20(23)27-15(3)19(24)22(4)18-9-12-28(25,26)13-18/h5-8,10-11,14-15,18H,9,12-13H2,1-4H3. The van der Waals surface area contributed by atoms with Crippen LogP contribution in [-0.4, -0.2) is 58.6 Å². The van der Waals surface area contributed by atoms with Crippen molar-refractivity contribution in [2.75, 3.05) is 18.6 Å². The van der Waals surface area contributed by atoms with Crippen molar-refractivity contribution in [2.45, 2.75) is 49.6 Å². The molecule has 0 bridgehead atoms. The first-order valence-corrected chi connectivity index (χ1v) is 12.2. The molecule has 1 fully saturated rings. The maximum atomic E-state index is 12.8. The van der Waals surface area contributed by atoms with Gasteiger partial charge in [-0.2, -0.15) is 0 Å². The second-order valence-electron chi connectivity index (χ2n) is 7.59. The van der Waals surface area contributed by atoms with Crippen LogP contribution < -0.4 is 0 Å². The van der Waals surface area contributed by atoms with Gasteiger partial charge in [0.2, 0.25) is 5.91 Å². The number of benzene rings is 1. The van der Waals surface area contributed by atoms with Gasteiger partial charge in [0.25, 0.3) is 0 Å². The minimum Gasteiger partial charge on any atom is -0.341 e. The van der Waals surface area contributed by atoms with E-state index < -0.39 is 9.84 Å². The molecule has 0 N–H and O–H groups in total. The van der Waals surface area contributed by atoms with Crippen LogP contribution in [0.2, 0.25) is 0 Å². The Morgan fingerprint density at radius 1 is 1.25 bits per heavy atom. The molecule has 0 spiro atoms. The number of sulfone groups is 1. The Morgan fingerprint density at radius 3 is 2.50 bits per heavy atom. The summed E-state index contributed by atoms with van der Waals surface area (Å²) < 4.78 is 25.4. The van der Waals surface area contributed by atoms with Crippen LogP contribution in [0.5, 0.6) is 0 Å². The molecule has 1 saturated heterocycles. The minimum atomic E-state index is -3.02. The molecule has 0 saturated carbocycles. The minimum absolute atomic E-state index is 0.0590. The van der Waals surface area contributed by atoms with E-state index in [9.17, 15) is 13.2 Å². The molecular weight excluding hydrogens is 394 g/mol. The molecule has 8 heteroatoms. The lowest BCUT2D eigenvalue weighted by atomic mass is 10.0. The summed E-state index contributed by atoms with van der Waals surface area (Å²) in [7, 11) is -1.32. The van der Waals surface area contributed by atoms with Crippen LogP contribution in [0, 0.1) is 0 Å². The van der Waals surface area contributed by atoms with Crippen molar-refractivity contribution >= 4 is 27.5 Å². The monoisotopic (exact) mass is 421 g/mol. The molecule has 1 amide bonds. The largest absolute Gasteiger partial charge is 0.341 e. The van der Waals surface area contributed by atoms with E-state index in [0.717, 1.165) is 10.8 Å². The molecule has 2 aromatic rings. The van der Waals surface area contributed by atoms with Crippen molar-refractivity contribution in [3.63, 3.8) is 0 Å². The third-order valence-corrected chi connectivity index (χ3v) is 8.00. The van der Waals surface area contributed by atoms with Gasteiger partial charge in [0.1, 0.15) is 0 Å². The first-order valence-electron chi connectivity index (χ1n) is 9.45. The zero-order chi connectivity index (χ0) is 20.5. The van der Waals surface area contributed by atoms with Crippen LogP contribution in [0.4, 0.5) is 0 Å². The fraction of sp³-hybridized carbons (Fsp3) is 0.500. The lowest BCUT2D eigenvalue weighted by Gasteiger charge is -2.26. The van der Waals surface area contributed by atoms with E-state index in [2.05, 4.69) is 43.1 Å². The van der Waals surface area contributed by atoms with Gasteiger partial charge in [-0.1, -0.05) is 37.7 Å². The van der Waals surface area contributed by atoms with Gasteiger partial charge < -0.3 is 4.90 Å². The maximum absolute atomic E-state index is 12.8. The van der Waals surface area contributed by atoms with Crippen LogP contribution in [-0.2, 0) is 14.6 Å². The molecule has 6 nitrogen and oxygen atoms in total. The Bertz CT molecular complexity index is 936. The molecule has 1 aromatic heterocycles. The van der Waals surface area contributed by atoms with Crippen molar-refractivity contribution in [2.24, 2.45) is 0 Å². The van der Waals surface area contributed by atoms with Gasteiger partial charge in [-0.05, 0) is 37.0 Å². The second kappa shape index (κ2) is 8.29. The van der Waals surface area contributed by atoms with Crippen molar-refractivity contribution < 1.29 is 13.2 Å². The van der Waals surface area contributed by atoms with Crippen LogP contribution >= 0.6 is 11.8 Å². The SMILES string of the molecule is CC(Sc1nccn1-c1ccc(C(C)C)cc1)C(=O)N(C)C1CCS(=O)(=O)C1. The number of nitrogens with zero attached hydrogens (tertiary/aromatic N) is 3. The molecule has 152 valence electrons. The quantitative estimate of drug-likeness (QED) is 0.670. The number of amides is 1. The fourth-order valence-corrected chi connectivity index (χ4v) is 6.11. The van der Waals surface area contributed by atoms with Gasteiger partial charge in [0.15, 0.2) is 15.0 Å². The van der Waals surface area contributed by atoms with Crippen molar-refractivity contribution in [1.29, 1.82) is 0 Å². The number of hydrogen-bond donors (Lipinski definition) is 0. The summed E-state index contributed by atoms with van der Waals surface area (Å²) in [6, 6.07) is 8.10. The van der Waals surface area contributed by atoms with E-state index in [1.54, 1.807) is 18.1 Å². The van der Waals surface area contributed by atoms with Gasteiger partial charge in [-0.3, -0.25) is 9.36 Å². The predicted octanol–water partition coefficient (Wildman–Crippen LogP) is 3.12. The lowest BCUT2D eigenvalue weighted by molar-refractivity contribution is -0.130. The van der Waals surface area contributed by atoms with Crippen LogP contribution in [0.25, 0.3) is 5.69 Å². The zero-order valence-corrected chi connectivity index (χ0v) is 18.3. The van der Waals surface area contributed by atoms with Gasteiger partial charge >= 0.3 is 0 Å². The number of carbonyl (C=O) groups excluding carboxylic acids is 1. The molecule has 1 aliphatic heterocycles. The third-order valence-electron chi connectivity index (χ3n) is 5.18. The summed E-state index contributed by atoms with van der Waals surface area (Å²) in [6.45, 7) is 6.16. The highest BCUT2D eigenvalue weighted by Crippen LogP contribution is 2.27. The zero-order valence-electron chi connectivity index (χ0n) is 16.7. The summed E-state index contributed by atoms with van der Waals surface area (Å²) in [5.74, 6) is 0.618. The Labute approximate surface area is 171 Å². The third kappa shape index (κ3) is 4.60. The highest BCUT2D eigenvalue weighted by Gasteiger charge is 2.34. The first kappa shape index (κ1) is 20.9. The van der Waals surface area contributed by atoms with Crippen molar-refractivity contribution in [3.05, 3.63) is 42.2 Å². The number of carbonyl (C=O) groups is 1. The van der Waals surface area contributed by atoms with Gasteiger partial charge in [-0.25, -0.2) is 13.4 Å². The predicted molar refractivity (Wildman–Crippen MR) is 113 cm³/mol. The molecule has 2 unspecified atom stereocenters. The van der Waals surface area contributed by atoms with E-state index in [1.807, 2.05) is 17.7 Å². The number of rotatable bonds is 6. The molecule has 28 heavy (non-hydrogen) atoms. The smallest absolute Gasteiger partial charge is 0.235 e. The van der Waals surface area contributed by atoms with E-state index in [0.29, 0.717) is 12.3 Å². The lowest BCUT2D eigenvalue weighted by Crippen LogP contribution is -2.41. The Balaban J connectivity index is 1.70. The molecule has 3 rings (SSSR count). The number of hydrogen-bond acceptors (Lipinski definition) is 5. The van der Waals surface area contributed by atoms with Crippen LogP contribution in [0.15, 0.2) is 41.8 Å². The molecular formula is C20H27N3O3S2. The van der Waals surface area contributed by atoms with Gasteiger partial charge in [0, 0.05) is 31.2 Å². The summed E-state index contributed by atoms with van der Waals surface area (Å²) >= 11 is 1.39. The Morgan fingerprint density at radius 2 is 1.93 bits per heavy atom.